The molecule has 2 rings (SSSR count). The van der Waals surface area contributed by atoms with Crippen LogP contribution in [0.3, 0.4) is 0 Å². The highest BCUT2D eigenvalue weighted by Gasteiger charge is 2.25. The molecule has 90 valence electrons. The van der Waals surface area contributed by atoms with Crippen molar-refractivity contribution in [3.8, 4) is 0 Å². The number of rotatable bonds is 3. The molecule has 3 amide bonds. The Labute approximate surface area is 96.6 Å². The van der Waals surface area contributed by atoms with Crippen LogP contribution in [0.15, 0.2) is 12.4 Å². The van der Waals surface area contributed by atoms with Gasteiger partial charge < -0.3 is 4.90 Å². The van der Waals surface area contributed by atoms with Crippen molar-refractivity contribution in [3.05, 3.63) is 12.4 Å². The SMILES string of the molecule is O=C1CN(C(=O)CCn2ccnn2)CC(=O)N1. The molecule has 1 aliphatic heterocycles. The van der Waals surface area contributed by atoms with Crippen LogP contribution in [0.4, 0.5) is 0 Å². The van der Waals surface area contributed by atoms with Gasteiger partial charge >= 0.3 is 0 Å². The first kappa shape index (κ1) is 11.2. The minimum Gasteiger partial charge on any atom is -0.324 e. The van der Waals surface area contributed by atoms with Crippen molar-refractivity contribution in [2.75, 3.05) is 13.1 Å². The van der Waals surface area contributed by atoms with E-state index in [1.807, 2.05) is 0 Å². The maximum absolute atomic E-state index is 11.7. The fraction of sp³-hybridized carbons (Fsp3) is 0.444. The molecule has 0 saturated carbocycles. The fourth-order valence-electron chi connectivity index (χ4n) is 1.53. The van der Waals surface area contributed by atoms with Crippen LogP contribution in [0.1, 0.15) is 6.42 Å². The van der Waals surface area contributed by atoms with Crippen molar-refractivity contribution in [2.24, 2.45) is 0 Å². The zero-order chi connectivity index (χ0) is 12.3. The summed E-state index contributed by atoms with van der Waals surface area (Å²) in [5, 5.41) is 9.45. The smallest absolute Gasteiger partial charge is 0.246 e. The van der Waals surface area contributed by atoms with E-state index in [9.17, 15) is 14.4 Å². The lowest BCUT2D eigenvalue weighted by atomic mass is 10.3. The summed E-state index contributed by atoms with van der Waals surface area (Å²) < 4.78 is 1.52. The van der Waals surface area contributed by atoms with Gasteiger partial charge in [-0.2, -0.15) is 0 Å². The topological polar surface area (TPSA) is 97.2 Å². The van der Waals surface area contributed by atoms with Crippen LogP contribution in [0.25, 0.3) is 0 Å². The van der Waals surface area contributed by atoms with Crippen molar-refractivity contribution in [2.45, 2.75) is 13.0 Å². The van der Waals surface area contributed by atoms with Crippen LogP contribution in [0.2, 0.25) is 0 Å². The Hall–Kier alpha value is -2.25. The van der Waals surface area contributed by atoms with Gasteiger partial charge in [0.1, 0.15) is 13.1 Å². The lowest BCUT2D eigenvalue weighted by molar-refractivity contribution is -0.145. The first-order chi connectivity index (χ1) is 8.15. The zero-order valence-corrected chi connectivity index (χ0v) is 9.00. The predicted molar refractivity (Wildman–Crippen MR) is 54.4 cm³/mol. The highest BCUT2D eigenvalue weighted by molar-refractivity contribution is 6.02. The molecule has 0 unspecified atom stereocenters. The third kappa shape index (κ3) is 2.86. The quantitative estimate of drug-likeness (QED) is 0.622. The normalized spacial score (nSPS) is 15.9. The first-order valence-electron chi connectivity index (χ1n) is 5.10. The molecular weight excluding hydrogens is 226 g/mol. The van der Waals surface area contributed by atoms with Crippen molar-refractivity contribution < 1.29 is 14.4 Å². The number of hydrogen-bond donors (Lipinski definition) is 1. The maximum atomic E-state index is 11.7. The molecule has 0 spiro atoms. The number of nitrogens with one attached hydrogen (secondary N) is 1. The molecule has 0 bridgehead atoms. The summed E-state index contributed by atoms with van der Waals surface area (Å²) in [4.78, 5) is 35.1. The molecule has 8 heteroatoms. The lowest BCUT2D eigenvalue weighted by Gasteiger charge is -2.25. The summed E-state index contributed by atoms with van der Waals surface area (Å²) in [6.45, 7) is 0.245. The third-order valence-electron chi connectivity index (χ3n) is 2.33. The minimum absolute atomic E-state index is 0.0675. The van der Waals surface area contributed by atoms with E-state index in [1.54, 1.807) is 6.20 Å². The van der Waals surface area contributed by atoms with Crippen LogP contribution in [0, 0.1) is 0 Å². The number of imide groups is 1. The molecule has 0 aliphatic carbocycles. The number of amides is 3. The Morgan fingerprint density at radius 3 is 2.65 bits per heavy atom. The van der Waals surface area contributed by atoms with E-state index in [1.165, 1.54) is 15.8 Å². The second-order valence-corrected chi connectivity index (χ2v) is 3.64. The van der Waals surface area contributed by atoms with Gasteiger partial charge in [0, 0.05) is 12.6 Å². The van der Waals surface area contributed by atoms with Crippen LogP contribution in [0.5, 0.6) is 0 Å². The van der Waals surface area contributed by atoms with E-state index in [4.69, 9.17) is 0 Å². The van der Waals surface area contributed by atoms with Crippen LogP contribution >= 0.6 is 0 Å². The molecule has 0 atom stereocenters. The summed E-state index contributed by atoms with van der Waals surface area (Å²) in [5.41, 5.74) is 0. The maximum Gasteiger partial charge on any atom is 0.246 e. The molecular formula is C9H11N5O3. The number of piperazine rings is 1. The average Bonchev–Trinajstić information content (AvgIpc) is 2.77. The number of carbonyl (C=O) groups excluding carboxylic acids is 3. The molecule has 1 saturated heterocycles. The number of carbonyl (C=O) groups is 3. The van der Waals surface area contributed by atoms with Crippen LogP contribution < -0.4 is 5.32 Å². The van der Waals surface area contributed by atoms with Gasteiger partial charge in [0.25, 0.3) is 0 Å². The van der Waals surface area contributed by atoms with Crippen molar-refractivity contribution in [3.63, 3.8) is 0 Å². The van der Waals surface area contributed by atoms with E-state index in [-0.39, 0.29) is 25.4 Å². The van der Waals surface area contributed by atoms with Gasteiger partial charge in [-0.3, -0.25) is 24.4 Å². The van der Waals surface area contributed by atoms with E-state index >= 15 is 0 Å². The number of hydrogen-bond acceptors (Lipinski definition) is 5. The van der Waals surface area contributed by atoms with E-state index in [2.05, 4.69) is 15.6 Å². The number of nitrogens with zero attached hydrogens (tertiary/aromatic N) is 4. The van der Waals surface area contributed by atoms with Crippen molar-refractivity contribution >= 4 is 17.7 Å². The minimum atomic E-state index is -0.449. The van der Waals surface area contributed by atoms with Gasteiger partial charge in [0.05, 0.1) is 12.7 Å². The second kappa shape index (κ2) is 4.73. The molecule has 1 N–H and O–H groups in total. The Balaban J connectivity index is 1.87. The standard InChI is InChI=1S/C9H11N5O3/c15-7-5-13(6-8(16)11-7)9(17)1-3-14-4-2-10-12-14/h2,4H,1,3,5-6H2,(H,11,15,16). The van der Waals surface area contributed by atoms with Gasteiger partial charge in [-0.15, -0.1) is 5.10 Å². The Morgan fingerprint density at radius 2 is 2.06 bits per heavy atom. The molecule has 1 fully saturated rings. The average molecular weight is 237 g/mol. The molecule has 2 heterocycles. The molecule has 0 aromatic carbocycles. The summed E-state index contributed by atoms with van der Waals surface area (Å²) in [5.74, 6) is -1.14. The third-order valence-corrected chi connectivity index (χ3v) is 2.33. The Kier molecular flexibility index (Phi) is 3.12. The monoisotopic (exact) mass is 237 g/mol. The fourth-order valence-corrected chi connectivity index (χ4v) is 1.53. The van der Waals surface area contributed by atoms with Gasteiger partial charge in [-0.1, -0.05) is 5.21 Å². The van der Waals surface area contributed by atoms with Crippen LogP contribution in [-0.4, -0.2) is 50.7 Å². The van der Waals surface area contributed by atoms with Crippen LogP contribution in [-0.2, 0) is 20.9 Å². The van der Waals surface area contributed by atoms with Gasteiger partial charge in [0.2, 0.25) is 17.7 Å². The lowest BCUT2D eigenvalue weighted by Crippen LogP contribution is -2.53. The molecule has 1 aromatic heterocycles. The summed E-state index contributed by atoms with van der Waals surface area (Å²) in [6.07, 6.45) is 3.34. The Bertz CT molecular complexity index is 425. The Morgan fingerprint density at radius 1 is 1.35 bits per heavy atom. The van der Waals surface area contributed by atoms with Crippen molar-refractivity contribution in [1.82, 2.24) is 25.2 Å². The number of aromatic nitrogens is 3. The van der Waals surface area contributed by atoms with Crippen molar-refractivity contribution in [1.29, 1.82) is 0 Å². The first-order valence-corrected chi connectivity index (χ1v) is 5.10. The van der Waals surface area contributed by atoms with E-state index in [0.29, 0.717) is 6.54 Å². The molecule has 1 aliphatic rings. The largest absolute Gasteiger partial charge is 0.324 e. The molecule has 1 aromatic rings. The summed E-state index contributed by atoms with van der Waals surface area (Å²) >= 11 is 0. The summed E-state index contributed by atoms with van der Waals surface area (Å²) in [6, 6.07) is 0. The molecule has 8 nitrogen and oxygen atoms in total. The van der Waals surface area contributed by atoms with Gasteiger partial charge in [-0.05, 0) is 0 Å². The highest BCUT2D eigenvalue weighted by atomic mass is 16.2. The highest BCUT2D eigenvalue weighted by Crippen LogP contribution is 2.00. The number of aryl methyl sites for hydroxylation is 1. The molecule has 17 heavy (non-hydrogen) atoms. The second-order valence-electron chi connectivity index (χ2n) is 3.64. The zero-order valence-electron chi connectivity index (χ0n) is 9.00. The molecule has 0 radical (unpaired) electrons. The predicted octanol–water partition coefficient (Wildman–Crippen LogP) is -1.85. The van der Waals surface area contributed by atoms with Gasteiger partial charge in [0.15, 0.2) is 0 Å². The van der Waals surface area contributed by atoms with Gasteiger partial charge in [-0.25, -0.2) is 0 Å². The van der Waals surface area contributed by atoms with E-state index in [0.717, 1.165) is 0 Å². The summed E-state index contributed by atoms with van der Waals surface area (Å²) in [7, 11) is 0. The van der Waals surface area contributed by atoms with E-state index < -0.39 is 11.8 Å².